The predicted molar refractivity (Wildman–Crippen MR) is 115 cm³/mol. The van der Waals surface area contributed by atoms with Gasteiger partial charge in [0, 0.05) is 50.1 Å². The standard InChI is InChI=1S/C24H24FN3O2/c1-27(23(29)10-15-13-28(14-15)24(30)16-2-3-16)22-7-5-18(12-20(22)25)17-4-6-21-19(11-17)8-9-26-21/h4-9,11-12,15-16,26H,2-3,10,13-14H2,1H3. The summed E-state index contributed by atoms with van der Waals surface area (Å²) in [6, 6.07) is 12.9. The quantitative estimate of drug-likeness (QED) is 0.692. The Morgan fingerprint density at radius 1 is 1.10 bits per heavy atom. The van der Waals surface area contributed by atoms with Crippen LogP contribution in [0, 0.1) is 17.7 Å². The highest BCUT2D eigenvalue weighted by Crippen LogP contribution is 2.34. The average molecular weight is 405 g/mol. The minimum Gasteiger partial charge on any atom is -0.361 e. The average Bonchev–Trinajstić information content (AvgIpc) is 3.46. The van der Waals surface area contributed by atoms with Gasteiger partial charge in [-0.25, -0.2) is 4.39 Å². The van der Waals surface area contributed by atoms with Crippen LogP contribution in [0.1, 0.15) is 19.3 Å². The summed E-state index contributed by atoms with van der Waals surface area (Å²) in [5.41, 5.74) is 3.01. The van der Waals surface area contributed by atoms with Crippen LogP contribution in [0.3, 0.4) is 0 Å². The van der Waals surface area contributed by atoms with Gasteiger partial charge in [-0.3, -0.25) is 9.59 Å². The Morgan fingerprint density at radius 2 is 1.83 bits per heavy atom. The molecule has 2 heterocycles. The number of carbonyl (C=O) groups excluding carboxylic acids is 2. The number of fused-ring (bicyclic) bond motifs is 1. The Kier molecular flexibility index (Phi) is 4.57. The second kappa shape index (κ2) is 7.27. The lowest BCUT2D eigenvalue weighted by atomic mass is 9.95. The van der Waals surface area contributed by atoms with Crippen LogP contribution in [0.5, 0.6) is 0 Å². The van der Waals surface area contributed by atoms with Crippen molar-refractivity contribution in [2.75, 3.05) is 25.0 Å². The number of carbonyl (C=O) groups is 2. The number of likely N-dealkylation sites (tertiary alicyclic amines) is 1. The molecule has 5 rings (SSSR count). The SMILES string of the molecule is CN(C(=O)CC1CN(C(=O)C2CC2)C1)c1ccc(-c2ccc3[nH]ccc3c2)cc1F. The van der Waals surface area contributed by atoms with Crippen LogP contribution in [0.4, 0.5) is 10.1 Å². The van der Waals surface area contributed by atoms with Gasteiger partial charge in [-0.2, -0.15) is 0 Å². The molecule has 0 atom stereocenters. The van der Waals surface area contributed by atoms with Gasteiger partial charge in [-0.15, -0.1) is 0 Å². The van der Waals surface area contributed by atoms with Gasteiger partial charge in [0.15, 0.2) is 0 Å². The molecule has 2 aliphatic rings. The summed E-state index contributed by atoms with van der Waals surface area (Å²) in [5, 5.41) is 1.07. The zero-order valence-electron chi connectivity index (χ0n) is 16.9. The highest BCUT2D eigenvalue weighted by atomic mass is 19.1. The Hall–Kier alpha value is -3.15. The lowest BCUT2D eigenvalue weighted by Gasteiger charge is -2.39. The van der Waals surface area contributed by atoms with E-state index in [0.717, 1.165) is 34.9 Å². The summed E-state index contributed by atoms with van der Waals surface area (Å²) in [6.07, 6.45) is 4.20. The number of hydrogen-bond donors (Lipinski definition) is 1. The number of benzene rings is 2. The molecule has 2 amide bonds. The van der Waals surface area contributed by atoms with Crippen LogP contribution < -0.4 is 4.90 Å². The minimum atomic E-state index is -0.420. The molecule has 5 nitrogen and oxygen atoms in total. The van der Waals surface area contributed by atoms with Crippen molar-refractivity contribution in [1.29, 1.82) is 0 Å². The minimum absolute atomic E-state index is 0.126. The highest BCUT2D eigenvalue weighted by Gasteiger charge is 2.39. The third-order valence-corrected chi connectivity index (χ3v) is 6.23. The van der Waals surface area contributed by atoms with Crippen molar-refractivity contribution in [2.45, 2.75) is 19.3 Å². The van der Waals surface area contributed by atoms with E-state index >= 15 is 0 Å². The summed E-state index contributed by atoms with van der Waals surface area (Å²) in [6.45, 7) is 1.27. The molecule has 1 aromatic heterocycles. The fraction of sp³-hybridized carbons (Fsp3) is 0.333. The van der Waals surface area contributed by atoms with Gasteiger partial charge in [0.1, 0.15) is 5.82 Å². The number of aromatic nitrogens is 1. The first kappa shape index (κ1) is 18.9. The van der Waals surface area contributed by atoms with Crippen LogP contribution in [0.25, 0.3) is 22.0 Å². The Labute approximate surface area is 174 Å². The molecule has 1 N–H and O–H groups in total. The van der Waals surface area contributed by atoms with Crippen LogP contribution in [0.2, 0.25) is 0 Å². The summed E-state index contributed by atoms with van der Waals surface area (Å²) in [7, 11) is 1.61. The molecule has 1 saturated carbocycles. The van der Waals surface area contributed by atoms with Gasteiger partial charge in [-0.1, -0.05) is 12.1 Å². The molecular weight excluding hydrogens is 381 g/mol. The molecule has 3 aromatic rings. The number of amides is 2. The normalized spacial score (nSPS) is 16.5. The predicted octanol–water partition coefficient (Wildman–Crippen LogP) is 4.20. The lowest BCUT2D eigenvalue weighted by molar-refractivity contribution is -0.140. The van der Waals surface area contributed by atoms with Gasteiger partial charge in [0.2, 0.25) is 11.8 Å². The first-order valence-corrected chi connectivity index (χ1v) is 10.4. The van der Waals surface area contributed by atoms with Crippen LogP contribution in [-0.2, 0) is 9.59 Å². The van der Waals surface area contributed by atoms with Gasteiger partial charge in [-0.05, 0) is 59.7 Å². The second-order valence-electron chi connectivity index (χ2n) is 8.49. The van der Waals surface area contributed by atoms with Crippen molar-refractivity contribution in [3.63, 3.8) is 0 Å². The van der Waals surface area contributed by atoms with E-state index in [-0.39, 0.29) is 29.3 Å². The summed E-state index contributed by atoms with van der Waals surface area (Å²) in [4.78, 5) is 31.0. The van der Waals surface area contributed by atoms with Gasteiger partial charge in [0.25, 0.3) is 0 Å². The van der Waals surface area contributed by atoms with Crippen LogP contribution in [-0.4, -0.2) is 41.8 Å². The number of nitrogens with zero attached hydrogens (tertiary/aromatic N) is 2. The van der Waals surface area contributed by atoms with E-state index in [2.05, 4.69) is 4.98 Å². The smallest absolute Gasteiger partial charge is 0.227 e. The lowest BCUT2D eigenvalue weighted by Crippen LogP contribution is -2.52. The molecular formula is C24H24FN3O2. The van der Waals surface area contributed by atoms with Gasteiger partial charge in [0.05, 0.1) is 5.69 Å². The Morgan fingerprint density at radius 3 is 2.57 bits per heavy atom. The monoisotopic (exact) mass is 405 g/mol. The Bertz CT molecular complexity index is 1130. The maximum atomic E-state index is 14.8. The van der Waals surface area contributed by atoms with Crippen molar-refractivity contribution in [1.82, 2.24) is 9.88 Å². The third kappa shape index (κ3) is 3.47. The van der Waals surface area contributed by atoms with Crippen molar-refractivity contribution in [3.8, 4) is 11.1 Å². The molecule has 6 heteroatoms. The number of H-pyrrole nitrogens is 1. The number of hydrogen-bond acceptors (Lipinski definition) is 2. The van der Waals surface area contributed by atoms with Crippen molar-refractivity contribution < 1.29 is 14.0 Å². The van der Waals surface area contributed by atoms with E-state index in [1.54, 1.807) is 13.1 Å². The molecule has 1 aliphatic heterocycles. The maximum absolute atomic E-state index is 14.8. The number of aromatic amines is 1. The van der Waals surface area contributed by atoms with E-state index in [1.807, 2.05) is 41.4 Å². The van der Waals surface area contributed by atoms with Crippen LogP contribution >= 0.6 is 0 Å². The van der Waals surface area contributed by atoms with Crippen molar-refractivity contribution in [2.24, 2.45) is 11.8 Å². The fourth-order valence-electron chi connectivity index (χ4n) is 4.18. The molecule has 1 saturated heterocycles. The van der Waals surface area contributed by atoms with Gasteiger partial charge >= 0.3 is 0 Å². The first-order chi connectivity index (χ1) is 14.5. The van der Waals surface area contributed by atoms with E-state index in [1.165, 1.54) is 11.0 Å². The first-order valence-electron chi connectivity index (χ1n) is 10.4. The summed E-state index contributed by atoms with van der Waals surface area (Å²) in [5.74, 6) is 0.0649. The van der Waals surface area contributed by atoms with E-state index < -0.39 is 5.82 Å². The molecule has 0 unspecified atom stereocenters. The molecule has 0 bridgehead atoms. The van der Waals surface area contributed by atoms with E-state index in [0.29, 0.717) is 19.5 Å². The molecule has 0 radical (unpaired) electrons. The molecule has 1 aliphatic carbocycles. The molecule has 0 spiro atoms. The van der Waals surface area contributed by atoms with Crippen molar-refractivity contribution in [3.05, 3.63) is 54.5 Å². The third-order valence-electron chi connectivity index (χ3n) is 6.23. The zero-order valence-corrected chi connectivity index (χ0v) is 16.9. The zero-order chi connectivity index (χ0) is 20.8. The number of nitrogens with one attached hydrogen (secondary N) is 1. The Balaban J connectivity index is 1.24. The van der Waals surface area contributed by atoms with Crippen LogP contribution in [0.15, 0.2) is 48.7 Å². The molecule has 30 heavy (non-hydrogen) atoms. The van der Waals surface area contributed by atoms with E-state index in [9.17, 15) is 14.0 Å². The number of halogens is 1. The molecule has 2 fully saturated rings. The second-order valence-corrected chi connectivity index (χ2v) is 8.49. The number of anilines is 1. The molecule has 154 valence electrons. The maximum Gasteiger partial charge on any atom is 0.227 e. The van der Waals surface area contributed by atoms with E-state index in [4.69, 9.17) is 0 Å². The fourth-order valence-corrected chi connectivity index (χ4v) is 4.18. The number of rotatable bonds is 5. The largest absolute Gasteiger partial charge is 0.361 e. The van der Waals surface area contributed by atoms with Crippen molar-refractivity contribution >= 4 is 28.4 Å². The van der Waals surface area contributed by atoms with Gasteiger partial charge < -0.3 is 14.8 Å². The summed E-state index contributed by atoms with van der Waals surface area (Å²) < 4.78 is 14.8. The highest BCUT2D eigenvalue weighted by molar-refractivity contribution is 5.94. The topological polar surface area (TPSA) is 56.4 Å². The summed E-state index contributed by atoms with van der Waals surface area (Å²) >= 11 is 0. The molecule has 2 aromatic carbocycles.